The Morgan fingerprint density at radius 1 is 1.00 bits per heavy atom. The third-order valence-corrected chi connectivity index (χ3v) is 5.98. The van der Waals surface area contributed by atoms with E-state index in [9.17, 15) is 4.79 Å². The lowest BCUT2D eigenvalue weighted by molar-refractivity contribution is -0.111. The van der Waals surface area contributed by atoms with Gasteiger partial charge < -0.3 is 19.2 Å². The van der Waals surface area contributed by atoms with Gasteiger partial charge in [0.2, 0.25) is 5.91 Å². The normalized spacial score (nSPS) is 11.5. The predicted molar refractivity (Wildman–Crippen MR) is 138 cm³/mol. The summed E-state index contributed by atoms with van der Waals surface area (Å²) in [6.45, 7) is 3.79. The van der Waals surface area contributed by atoms with E-state index in [1.54, 1.807) is 38.7 Å². The number of rotatable bonds is 6. The summed E-state index contributed by atoms with van der Waals surface area (Å²) in [5.74, 6) is 1.07. The van der Waals surface area contributed by atoms with Crippen LogP contribution >= 0.6 is 23.2 Å². The number of furan rings is 1. The van der Waals surface area contributed by atoms with Crippen LogP contribution in [-0.2, 0) is 4.79 Å². The van der Waals surface area contributed by atoms with Gasteiger partial charge in [-0.3, -0.25) is 4.79 Å². The largest absolute Gasteiger partial charge is 0.496 e. The van der Waals surface area contributed by atoms with Crippen LogP contribution in [0.1, 0.15) is 18.1 Å². The van der Waals surface area contributed by atoms with Crippen molar-refractivity contribution in [2.45, 2.75) is 13.8 Å². The van der Waals surface area contributed by atoms with Crippen LogP contribution in [0.3, 0.4) is 0 Å². The molecule has 0 spiro atoms. The number of anilines is 1. The van der Waals surface area contributed by atoms with E-state index in [2.05, 4.69) is 5.32 Å². The second-order valence-electron chi connectivity index (χ2n) is 7.78. The molecule has 1 N–H and O–H groups in total. The summed E-state index contributed by atoms with van der Waals surface area (Å²) in [5, 5.41) is 4.58. The smallest absolute Gasteiger partial charge is 0.248 e. The van der Waals surface area contributed by atoms with Crippen LogP contribution in [0.25, 0.3) is 27.7 Å². The van der Waals surface area contributed by atoms with E-state index in [-0.39, 0.29) is 5.91 Å². The highest BCUT2D eigenvalue weighted by atomic mass is 35.5. The minimum Gasteiger partial charge on any atom is -0.496 e. The van der Waals surface area contributed by atoms with Gasteiger partial charge in [-0.1, -0.05) is 41.4 Å². The van der Waals surface area contributed by atoms with Gasteiger partial charge in [-0.15, -0.1) is 0 Å². The van der Waals surface area contributed by atoms with E-state index in [1.165, 1.54) is 6.08 Å². The zero-order chi connectivity index (χ0) is 24.4. The van der Waals surface area contributed by atoms with Gasteiger partial charge in [0.1, 0.15) is 17.1 Å². The van der Waals surface area contributed by atoms with Gasteiger partial charge in [0.25, 0.3) is 0 Å². The number of nitrogens with one attached hydrogen (secondary N) is 1. The van der Waals surface area contributed by atoms with E-state index < -0.39 is 0 Å². The summed E-state index contributed by atoms with van der Waals surface area (Å²) in [6.07, 6.45) is 3.23. The van der Waals surface area contributed by atoms with E-state index in [4.69, 9.17) is 37.1 Å². The Morgan fingerprint density at radius 3 is 2.38 bits per heavy atom. The molecule has 7 heteroatoms. The van der Waals surface area contributed by atoms with Gasteiger partial charge in [-0.2, -0.15) is 0 Å². The summed E-state index contributed by atoms with van der Waals surface area (Å²) in [4.78, 5) is 12.7. The number of hydrogen-bond donors (Lipinski definition) is 1. The molecular weight excluding hydrogens is 473 g/mol. The second-order valence-corrected chi connectivity index (χ2v) is 8.66. The summed E-state index contributed by atoms with van der Waals surface area (Å²) in [6, 6.07) is 14.6. The summed E-state index contributed by atoms with van der Waals surface area (Å²) in [5.41, 5.74) is 5.38. The number of fused-ring (bicyclic) bond motifs is 1. The number of ether oxygens (including phenoxy) is 2. The topological polar surface area (TPSA) is 60.7 Å². The van der Waals surface area contributed by atoms with Gasteiger partial charge in [0.05, 0.1) is 20.5 Å². The lowest BCUT2D eigenvalue weighted by atomic mass is 9.96. The summed E-state index contributed by atoms with van der Waals surface area (Å²) >= 11 is 12.1. The van der Waals surface area contributed by atoms with Gasteiger partial charge in [0.15, 0.2) is 0 Å². The van der Waals surface area contributed by atoms with Crippen molar-refractivity contribution in [3.05, 3.63) is 82.0 Å². The zero-order valence-electron chi connectivity index (χ0n) is 19.2. The average Bonchev–Trinajstić information content (AvgIpc) is 3.22. The van der Waals surface area contributed by atoms with Crippen LogP contribution in [0, 0.1) is 6.92 Å². The van der Waals surface area contributed by atoms with Crippen molar-refractivity contribution in [3.8, 4) is 22.6 Å². The van der Waals surface area contributed by atoms with Gasteiger partial charge in [-0.05, 0) is 49.8 Å². The van der Waals surface area contributed by atoms with E-state index >= 15 is 0 Å². The molecule has 1 amide bonds. The molecular formula is C27H23Cl2NO4. The fourth-order valence-electron chi connectivity index (χ4n) is 4.03. The van der Waals surface area contributed by atoms with Crippen LogP contribution in [0.4, 0.5) is 5.69 Å². The van der Waals surface area contributed by atoms with Crippen LogP contribution in [0.2, 0.25) is 10.0 Å². The number of carbonyl (C=O) groups excluding carboxylic acids is 1. The number of para-hydroxylation sites is 1. The number of carbonyl (C=O) groups is 1. The van der Waals surface area contributed by atoms with Crippen LogP contribution in [-0.4, -0.2) is 20.1 Å². The van der Waals surface area contributed by atoms with Crippen molar-refractivity contribution in [2.24, 2.45) is 0 Å². The zero-order valence-corrected chi connectivity index (χ0v) is 20.7. The van der Waals surface area contributed by atoms with Gasteiger partial charge in [-0.25, -0.2) is 0 Å². The van der Waals surface area contributed by atoms with Crippen LogP contribution in [0.5, 0.6) is 11.5 Å². The second kappa shape index (κ2) is 9.84. The van der Waals surface area contributed by atoms with E-state index in [0.717, 1.165) is 39.0 Å². The van der Waals surface area contributed by atoms with Crippen LogP contribution in [0.15, 0.2) is 65.3 Å². The molecule has 0 bridgehead atoms. The molecule has 0 unspecified atom stereocenters. The first-order chi connectivity index (χ1) is 16.3. The lowest BCUT2D eigenvalue weighted by Gasteiger charge is -2.14. The fraction of sp³-hybridized carbons (Fsp3) is 0.148. The third kappa shape index (κ3) is 4.63. The van der Waals surface area contributed by atoms with E-state index in [0.29, 0.717) is 27.1 Å². The maximum absolute atomic E-state index is 12.7. The first-order valence-corrected chi connectivity index (χ1v) is 11.3. The molecule has 0 saturated carbocycles. The molecule has 0 aliphatic heterocycles. The first kappa shape index (κ1) is 23.7. The predicted octanol–water partition coefficient (Wildman–Crippen LogP) is 7.77. The molecule has 1 aromatic heterocycles. The molecule has 0 saturated heterocycles. The molecule has 0 atom stereocenters. The number of hydrogen-bond acceptors (Lipinski definition) is 4. The molecule has 34 heavy (non-hydrogen) atoms. The summed E-state index contributed by atoms with van der Waals surface area (Å²) < 4.78 is 17.2. The number of amides is 1. The maximum atomic E-state index is 12.7. The Kier molecular flexibility index (Phi) is 6.87. The molecule has 0 aliphatic carbocycles. The minimum absolute atomic E-state index is 0.312. The minimum atomic E-state index is -0.312. The number of allylic oxidation sites excluding steroid dienone is 1. The molecule has 1 heterocycles. The van der Waals surface area contributed by atoms with Crippen LogP contribution < -0.4 is 14.8 Å². The van der Waals surface area contributed by atoms with E-state index in [1.807, 2.05) is 44.2 Å². The lowest BCUT2D eigenvalue weighted by Crippen LogP contribution is -2.08. The highest BCUT2D eigenvalue weighted by Gasteiger charge is 2.20. The summed E-state index contributed by atoms with van der Waals surface area (Å²) in [7, 11) is 3.24. The fourth-order valence-corrected chi connectivity index (χ4v) is 4.55. The highest BCUT2D eigenvalue weighted by Crippen LogP contribution is 2.42. The number of methoxy groups -OCH3 is 2. The van der Waals surface area contributed by atoms with Crippen molar-refractivity contribution < 1.29 is 18.7 Å². The SMILES string of the molecule is COc1ccccc1-c1coc2c(C)c(OC)c(/C(C)=C/C(=O)Nc3cc(Cl)cc(Cl)c3)cc12. The molecule has 4 aromatic rings. The van der Waals surface area contributed by atoms with Gasteiger partial charge >= 0.3 is 0 Å². The number of aryl methyl sites for hydroxylation is 1. The van der Waals surface area contributed by atoms with Crippen molar-refractivity contribution in [3.63, 3.8) is 0 Å². The standard InChI is InChI=1S/C27H23Cl2NO4/c1-15(9-25(31)30-19-11-17(28)10-18(29)12-19)21-13-22-23(20-7-5-6-8-24(20)32-3)14-34-27(22)16(2)26(21)33-4/h5-14H,1-4H3,(H,30,31)/b15-9+. The van der Waals surface area contributed by atoms with Crippen molar-refractivity contribution >= 4 is 51.3 Å². The number of halogens is 2. The Hall–Kier alpha value is -3.41. The highest BCUT2D eigenvalue weighted by molar-refractivity contribution is 6.35. The molecule has 4 rings (SSSR count). The quantitative estimate of drug-likeness (QED) is 0.277. The molecule has 0 fully saturated rings. The Bertz CT molecular complexity index is 1400. The van der Waals surface area contributed by atoms with Crippen molar-refractivity contribution in [1.29, 1.82) is 0 Å². The third-order valence-electron chi connectivity index (χ3n) is 5.55. The van der Waals surface area contributed by atoms with Crippen molar-refractivity contribution in [2.75, 3.05) is 19.5 Å². The molecule has 0 radical (unpaired) electrons. The molecule has 5 nitrogen and oxygen atoms in total. The Labute approximate surface area is 207 Å². The first-order valence-electron chi connectivity index (χ1n) is 10.5. The van der Waals surface area contributed by atoms with Gasteiger partial charge in [0, 0.05) is 49.4 Å². The molecule has 3 aromatic carbocycles. The maximum Gasteiger partial charge on any atom is 0.248 e. The monoisotopic (exact) mass is 495 g/mol. The Balaban J connectivity index is 1.78. The number of benzene rings is 3. The average molecular weight is 496 g/mol. The molecule has 0 aliphatic rings. The van der Waals surface area contributed by atoms with Crippen molar-refractivity contribution in [1.82, 2.24) is 0 Å². The Morgan fingerprint density at radius 2 is 1.71 bits per heavy atom. The molecule has 174 valence electrons.